The summed E-state index contributed by atoms with van der Waals surface area (Å²) in [6.45, 7) is 7.64. The van der Waals surface area contributed by atoms with Crippen LogP contribution in [0.2, 0.25) is 0 Å². The van der Waals surface area contributed by atoms with Crippen molar-refractivity contribution in [2.24, 2.45) is 0 Å². The number of amides is 1. The molecule has 1 aromatic carbocycles. The van der Waals surface area contributed by atoms with Crippen LogP contribution >= 0.6 is 0 Å². The molecule has 0 saturated carbocycles. The van der Waals surface area contributed by atoms with Crippen molar-refractivity contribution in [3.05, 3.63) is 53.5 Å². The summed E-state index contributed by atoms with van der Waals surface area (Å²) in [5.74, 6) is -0.150. The molecule has 1 saturated heterocycles. The predicted molar refractivity (Wildman–Crippen MR) is 108 cm³/mol. The Morgan fingerprint density at radius 2 is 1.97 bits per heavy atom. The Hall–Kier alpha value is -2.33. The van der Waals surface area contributed by atoms with E-state index in [1.165, 1.54) is 18.4 Å². The molecule has 0 radical (unpaired) electrons. The van der Waals surface area contributed by atoms with Gasteiger partial charge in [0.15, 0.2) is 5.69 Å². The summed E-state index contributed by atoms with van der Waals surface area (Å²) in [6, 6.07) is 5.96. The van der Waals surface area contributed by atoms with Crippen molar-refractivity contribution in [1.29, 1.82) is 0 Å². The van der Waals surface area contributed by atoms with E-state index in [-0.39, 0.29) is 17.4 Å². The molecule has 0 aliphatic carbocycles. The van der Waals surface area contributed by atoms with Gasteiger partial charge in [0.2, 0.25) is 5.89 Å². The first kappa shape index (κ1) is 22.4. The zero-order chi connectivity index (χ0) is 21.3. The standard InChI is InChI=1S/C21H29FN4O4/c1-2-29-14-18(27)12-25-7-9-26(10-8-25)13-20-24-19(15-30-20)21(28)23-11-16-3-5-17(22)6-4-16/h3-6,15,18,27H,2,7-14H2,1H3,(H,23,28)/t18-/m0/s1. The van der Waals surface area contributed by atoms with E-state index in [0.29, 0.717) is 38.7 Å². The van der Waals surface area contributed by atoms with E-state index in [9.17, 15) is 14.3 Å². The summed E-state index contributed by atoms with van der Waals surface area (Å²) in [6.07, 6.45) is 0.884. The number of hydrogen-bond acceptors (Lipinski definition) is 7. The number of benzene rings is 1. The number of aromatic nitrogens is 1. The monoisotopic (exact) mass is 420 g/mol. The van der Waals surface area contributed by atoms with Crippen LogP contribution < -0.4 is 5.32 Å². The normalized spacial score (nSPS) is 16.5. The van der Waals surface area contributed by atoms with Gasteiger partial charge in [-0.1, -0.05) is 12.1 Å². The largest absolute Gasteiger partial charge is 0.447 e. The van der Waals surface area contributed by atoms with Crippen molar-refractivity contribution >= 4 is 5.91 Å². The molecule has 8 nitrogen and oxygen atoms in total. The van der Waals surface area contributed by atoms with Gasteiger partial charge in [-0.15, -0.1) is 0 Å². The maximum atomic E-state index is 12.9. The number of oxazole rings is 1. The second-order valence-electron chi connectivity index (χ2n) is 7.33. The number of hydrogen-bond donors (Lipinski definition) is 2. The van der Waals surface area contributed by atoms with Crippen LogP contribution in [0.25, 0.3) is 0 Å². The third-order valence-electron chi connectivity index (χ3n) is 4.96. The third-order valence-corrected chi connectivity index (χ3v) is 4.96. The number of aliphatic hydroxyl groups is 1. The molecular formula is C21H29FN4O4. The van der Waals surface area contributed by atoms with Gasteiger partial charge < -0.3 is 19.6 Å². The van der Waals surface area contributed by atoms with Crippen LogP contribution in [0.1, 0.15) is 28.9 Å². The Labute approximate surface area is 175 Å². The van der Waals surface area contributed by atoms with E-state index in [1.54, 1.807) is 12.1 Å². The molecular weight excluding hydrogens is 391 g/mol. The molecule has 0 bridgehead atoms. The number of nitrogens with one attached hydrogen (secondary N) is 1. The van der Waals surface area contributed by atoms with Crippen LogP contribution in [0, 0.1) is 5.82 Å². The zero-order valence-electron chi connectivity index (χ0n) is 17.2. The van der Waals surface area contributed by atoms with Crippen molar-refractivity contribution in [3.8, 4) is 0 Å². The predicted octanol–water partition coefficient (Wildman–Crippen LogP) is 1.26. The van der Waals surface area contributed by atoms with Gasteiger partial charge in [-0.2, -0.15) is 0 Å². The van der Waals surface area contributed by atoms with E-state index in [1.807, 2.05) is 6.92 Å². The van der Waals surface area contributed by atoms with Crippen LogP contribution in [-0.4, -0.2) is 77.8 Å². The van der Waals surface area contributed by atoms with Crippen molar-refractivity contribution in [2.75, 3.05) is 45.9 Å². The first-order chi connectivity index (χ1) is 14.5. The van der Waals surface area contributed by atoms with Gasteiger partial charge in [0.1, 0.15) is 12.1 Å². The number of rotatable bonds is 10. The Morgan fingerprint density at radius 3 is 2.67 bits per heavy atom. The van der Waals surface area contributed by atoms with Crippen molar-refractivity contribution in [2.45, 2.75) is 26.1 Å². The van der Waals surface area contributed by atoms with E-state index in [4.69, 9.17) is 9.15 Å². The molecule has 164 valence electrons. The SMILES string of the molecule is CCOC[C@@H](O)CN1CCN(Cc2nc(C(=O)NCc3ccc(F)cc3)co2)CC1. The lowest BCUT2D eigenvalue weighted by Crippen LogP contribution is -2.48. The number of ether oxygens (including phenoxy) is 1. The van der Waals surface area contributed by atoms with Gasteiger partial charge in [0.05, 0.1) is 19.3 Å². The molecule has 1 aliphatic heterocycles. The molecule has 1 atom stereocenters. The number of β-amino-alcohol motifs (C(OH)–C–C–N with tert-alkyl or cyclic N) is 1. The average Bonchev–Trinajstić information content (AvgIpc) is 3.21. The lowest BCUT2D eigenvalue weighted by molar-refractivity contribution is 0.00949. The molecule has 2 heterocycles. The molecule has 1 fully saturated rings. The lowest BCUT2D eigenvalue weighted by atomic mass is 10.2. The zero-order valence-corrected chi connectivity index (χ0v) is 17.2. The highest BCUT2D eigenvalue weighted by Crippen LogP contribution is 2.10. The van der Waals surface area contributed by atoms with E-state index < -0.39 is 6.10 Å². The number of halogens is 1. The molecule has 0 spiro atoms. The maximum absolute atomic E-state index is 12.9. The van der Waals surface area contributed by atoms with Crippen LogP contribution in [0.5, 0.6) is 0 Å². The molecule has 2 aromatic rings. The van der Waals surface area contributed by atoms with Gasteiger partial charge in [-0.25, -0.2) is 9.37 Å². The van der Waals surface area contributed by atoms with Crippen molar-refractivity contribution in [1.82, 2.24) is 20.1 Å². The number of aliphatic hydroxyl groups excluding tert-OH is 1. The third kappa shape index (κ3) is 6.88. The average molecular weight is 420 g/mol. The van der Waals surface area contributed by atoms with E-state index in [0.717, 1.165) is 31.7 Å². The van der Waals surface area contributed by atoms with Crippen molar-refractivity contribution in [3.63, 3.8) is 0 Å². The van der Waals surface area contributed by atoms with Gasteiger partial charge >= 0.3 is 0 Å². The second kappa shape index (κ2) is 11.2. The summed E-state index contributed by atoms with van der Waals surface area (Å²) >= 11 is 0. The highest BCUT2D eigenvalue weighted by molar-refractivity contribution is 5.91. The van der Waals surface area contributed by atoms with Crippen LogP contribution in [0.4, 0.5) is 4.39 Å². The Kier molecular flexibility index (Phi) is 8.32. The Bertz CT molecular complexity index is 791. The fourth-order valence-electron chi connectivity index (χ4n) is 3.29. The van der Waals surface area contributed by atoms with Gasteiger partial charge in [-0.3, -0.25) is 14.6 Å². The fourth-order valence-corrected chi connectivity index (χ4v) is 3.29. The van der Waals surface area contributed by atoms with E-state index in [2.05, 4.69) is 20.1 Å². The molecule has 0 unspecified atom stereocenters. The Balaban J connectivity index is 1.40. The number of nitrogens with zero attached hydrogens (tertiary/aromatic N) is 3. The summed E-state index contributed by atoms with van der Waals surface area (Å²) in [7, 11) is 0. The highest BCUT2D eigenvalue weighted by Gasteiger charge is 2.21. The van der Waals surface area contributed by atoms with E-state index >= 15 is 0 Å². The number of carbonyl (C=O) groups excluding carboxylic acids is 1. The van der Waals surface area contributed by atoms with Crippen LogP contribution in [-0.2, 0) is 17.8 Å². The van der Waals surface area contributed by atoms with Gasteiger partial charge in [0, 0.05) is 45.9 Å². The smallest absolute Gasteiger partial charge is 0.273 e. The number of carbonyl (C=O) groups is 1. The maximum Gasteiger partial charge on any atom is 0.273 e. The minimum absolute atomic E-state index is 0.227. The molecule has 1 amide bonds. The first-order valence-corrected chi connectivity index (χ1v) is 10.2. The molecule has 1 aliphatic rings. The summed E-state index contributed by atoms with van der Waals surface area (Å²) < 4.78 is 23.6. The topological polar surface area (TPSA) is 91.1 Å². The first-order valence-electron chi connectivity index (χ1n) is 10.2. The molecule has 3 rings (SSSR count). The number of piperazine rings is 1. The summed E-state index contributed by atoms with van der Waals surface area (Å²) in [5, 5.41) is 12.7. The minimum atomic E-state index is -0.473. The highest BCUT2D eigenvalue weighted by atomic mass is 19.1. The molecule has 2 N–H and O–H groups in total. The minimum Gasteiger partial charge on any atom is -0.447 e. The van der Waals surface area contributed by atoms with Crippen molar-refractivity contribution < 1.29 is 23.4 Å². The molecule has 30 heavy (non-hydrogen) atoms. The van der Waals surface area contributed by atoms with Gasteiger partial charge in [0.25, 0.3) is 5.91 Å². The summed E-state index contributed by atoms with van der Waals surface area (Å²) in [4.78, 5) is 20.9. The molecule has 1 aromatic heterocycles. The summed E-state index contributed by atoms with van der Waals surface area (Å²) in [5.41, 5.74) is 1.03. The fraction of sp³-hybridized carbons (Fsp3) is 0.524. The van der Waals surface area contributed by atoms with Crippen LogP contribution in [0.3, 0.4) is 0 Å². The Morgan fingerprint density at radius 1 is 1.27 bits per heavy atom. The van der Waals surface area contributed by atoms with Crippen LogP contribution in [0.15, 0.2) is 34.9 Å². The molecule has 9 heteroatoms. The lowest BCUT2D eigenvalue weighted by Gasteiger charge is -2.34. The second-order valence-corrected chi connectivity index (χ2v) is 7.33. The van der Waals surface area contributed by atoms with Gasteiger partial charge in [-0.05, 0) is 24.6 Å². The quantitative estimate of drug-likeness (QED) is 0.598.